The number of halogens is 1. The summed E-state index contributed by atoms with van der Waals surface area (Å²) >= 11 is 3.10. The first kappa shape index (κ1) is 11.5. The van der Waals surface area contributed by atoms with Gasteiger partial charge in [-0.25, -0.2) is 13.6 Å². The molecule has 0 heterocycles. The summed E-state index contributed by atoms with van der Waals surface area (Å²) in [5.41, 5.74) is 0. The fourth-order valence-electron chi connectivity index (χ4n) is 0.958. The van der Waals surface area contributed by atoms with E-state index in [4.69, 9.17) is 9.88 Å². The minimum atomic E-state index is -3.70. The van der Waals surface area contributed by atoms with E-state index in [0.29, 0.717) is 16.8 Å². The van der Waals surface area contributed by atoms with E-state index in [1.807, 2.05) is 6.92 Å². The second-order valence-corrected chi connectivity index (χ2v) is 4.95. The van der Waals surface area contributed by atoms with Gasteiger partial charge in [-0.1, -0.05) is 0 Å². The summed E-state index contributed by atoms with van der Waals surface area (Å²) < 4.78 is 27.8. The quantitative estimate of drug-likeness (QED) is 0.912. The number of rotatable bonds is 3. The van der Waals surface area contributed by atoms with Crippen LogP contribution in [-0.4, -0.2) is 15.0 Å². The standard InChI is InChI=1S/C8H10BrNO3S/c1-2-13-6-3-4-7(9)8(5-6)14(10,11)12/h3-5H,2H2,1H3,(H2,10,11,12). The third kappa shape index (κ3) is 2.70. The average molecular weight is 280 g/mol. The van der Waals surface area contributed by atoms with Crippen molar-refractivity contribution in [3.05, 3.63) is 22.7 Å². The van der Waals surface area contributed by atoms with Crippen LogP contribution in [0.4, 0.5) is 0 Å². The van der Waals surface area contributed by atoms with Gasteiger partial charge in [0.05, 0.1) is 11.5 Å². The summed E-state index contributed by atoms with van der Waals surface area (Å²) in [7, 11) is -3.70. The molecule has 0 radical (unpaired) electrons. The van der Waals surface area contributed by atoms with E-state index in [9.17, 15) is 8.42 Å². The number of hydrogen-bond acceptors (Lipinski definition) is 3. The van der Waals surface area contributed by atoms with Crippen molar-refractivity contribution in [2.45, 2.75) is 11.8 Å². The molecule has 0 aliphatic rings. The summed E-state index contributed by atoms with van der Waals surface area (Å²) in [6.07, 6.45) is 0. The summed E-state index contributed by atoms with van der Waals surface area (Å²) in [6, 6.07) is 4.65. The van der Waals surface area contributed by atoms with Crippen LogP contribution in [-0.2, 0) is 10.0 Å². The molecule has 78 valence electrons. The molecule has 0 aliphatic heterocycles. The van der Waals surface area contributed by atoms with Crippen molar-refractivity contribution in [1.29, 1.82) is 0 Å². The van der Waals surface area contributed by atoms with Crippen LogP contribution >= 0.6 is 15.9 Å². The number of nitrogens with two attached hydrogens (primary N) is 1. The lowest BCUT2D eigenvalue weighted by Gasteiger charge is -2.06. The summed E-state index contributed by atoms with van der Waals surface area (Å²) in [5.74, 6) is 0.486. The molecule has 0 spiro atoms. The van der Waals surface area contributed by atoms with E-state index in [1.54, 1.807) is 12.1 Å². The molecular formula is C8H10BrNO3S. The van der Waals surface area contributed by atoms with E-state index in [2.05, 4.69) is 15.9 Å². The molecule has 0 atom stereocenters. The van der Waals surface area contributed by atoms with Crippen LogP contribution in [0.2, 0.25) is 0 Å². The maximum Gasteiger partial charge on any atom is 0.239 e. The molecular weight excluding hydrogens is 270 g/mol. The van der Waals surface area contributed by atoms with Crippen LogP contribution in [0.5, 0.6) is 5.75 Å². The van der Waals surface area contributed by atoms with E-state index in [0.717, 1.165) is 0 Å². The Bertz CT molecular complexity index is 430. The maximum atomic E-state index is 11.1. The minimum Gasteiger partial charge on any atom is -0.494 e. The van der Waals surface area contributed by atoms with Crippen LogP contribution in [0.3, 0.4) is 0 Å². The number of benzene rings is 1. The van der Waals surface area contributed by atoms with Gasteiger partial charge < -0.3 is 4.74 Å². The van der Waals surface area contributed by atoms with Crippen molar-refractivity contribution in [2.24, 2.45) is 5.14 Å². The van der Waals surface area contributed by atoms with E-state index < -0.39 is 10.0 Å². The molecule has 0 amide bonds. The topological polar surface area (TPSA) is 69.4 Å². The Morgan fingerprint density at radius 2 is 2.14 bits per heavy atom. The first-order valence-electron chi connectivity index (χ1n) is 3.90. The Hall–Kier alpha value is -0.590. The van der Waals surface area contributed by atoms with Gasteiger partial charge in [-0.05, 0) is 35.0 Å². The van der Waals surface area contributed by atoms with Gasteiger partial charge in [0.2, 0.25) is 10.0 Å². The minimum absolute atomic E-state index is 0.0310. The molecule has 1 rings (SSSR count). The maximum absolute atomic E-state index is 11.1. The highest BCUT2D eigenvalue weighted by Crippen LogP contribution is 2.25. The van der Waals surface area contributed by atoms with E-state index in [-0.39, 0.29) is 4.90 Å². The molecule has 0 aromatic heterocycles. The van der Waals surface area contributed by atoms with E-state index in [1.165, 1.54) is 6.07 Å². The van der Waals surface area contributed by atoms with Crippen molar-refractivity contribution >= 4 is 26.0 Å². The second-order valence-electron chi connectivity index (χ2n) is 2.57. The summed E-state index contributed by atoms with van der Waals surface area (Å²) in [5, 5.41) is 5.01. The van der Waals surface area contributed by atoms with Crippen LogP contribution in [0.1, 0.15) is 6.92 Å². The highest BCUT2D eigenvalue weighted by molar-refractivity contribution is 9.10. The Labute approximate surface area is 91.2 Å². The largest absolute Gasteiger partial charge is 0.494 e. The lowest BCUT2D eigenvalue weighted by atomic mass is 10.3. The van der Waals surface area contributed by atoms with Crippen molar-refractivity contribution in [3.63, 3.8) is 0 Å². The van der Waals surface area contributed by atoms with Crippen LogP contribution in [0.15, 0.2) is 27.6 Å². The van der Waals surface area contributed by atoms with Gasteiger partial charge >= 0.3 is 0 Å². The highest BCUT2D eigenvalue weighted by atomic mass is 79.9. The van der Waals surface area contributed by atoms with Gasteiger partial charge in [0, 0.05) is 10.5 Å². The number of primary sulfonamides is 1. The summed E-state index contributed by atoms with van der Waals surface area (Å²) in [6.45, 7) is 2.30. The number of ether oxygens (including phenoxy) is 1. The SMILES string of the molecule is CCOc1ccc(Br)c(S(N)(=O)=O)c1. The van der Waals surface area contributed by atoms with Crippen molar-refractivity contribution in [2.75, 3.05) is 6.61 Å². The second kappa shape index (κ2) is 4.29. The highest BCUT2D eigenvalue weighted by Gasteiger charge is 2.13. The molecule has 2 N–H and O–H groups in total. The molecule has 4 nitrogen and oxygen atoms in total. The molecule has 14 heavy (non-hydrogen) atoms. The third-order valence-electron chi connectivity index (χ3n) is 1.52. The average Bonchev–Trinajstić information content (AvgIpc) is 2.07. The molecule has 0 bridgehead atoms. The van der Waals surface area contributed by atoms with E-state index >= 15 is 0 Å². The van der Waals surface area contributed by atoms with Crippen LogP contribution in [0.25, 0.3) is 0 Å². The van der Waals surface area contributed by atoms with Crippen molar-refractivity contribution in [3.8, 4) is 5.75 Å². The van der Waals surface area contributed by atoms with Gasteiger partial charge in [0.25, 0.3) is 0 Å². The molecule has 0 unspecified atom stereocenters. The predicted molar refractivity (Wildman–Crippen MR) is 56.7 cm³/mol. The summed E-state index contributed by atoms with van der Waals surface area (Å²) in [4.78, 5) is 0.0310. The molecule has 0 saturated carbocycles. The lowest BCUT2D eigenvalue weighted by Crippen LogP contribution is -2.13. The number of hydrogen-bond donors (Lipinski definition) is 1. The zero-order chi connectivity index (χ0) is 10.8. The zero-order valence-corrected chi connectivity index (χ0v) is 9.93. The molecule has 1 aromatic rings. The first-order valence-corrected chi connectivity index (χ1v) is 6.24. The molecule has 0 aliphatic carbocycles. The third-order valence-corrected chi connectivity index (χ3v) is 3.42. The molecule has 0 fully saturated rings. The molecule has 6 heteroatoms. The predicted octanol–water partition coefficient (Wildman–Crippen LogP) is 1.50. The molecule has 1 aromatic carbocycles. The normalized spacial score (nSPS) is 11.4. The fraction of sp³-hybridized carbons (Fsp3) is 0.250. The monoisotopic (exact) mass is 279 g/mol. The van der Waals surface area contributed by atoms with Crippen LogP contribution < -0.4 is 9.88 Å². The van der Waals surface area contributed by atoms with Gasteiger partial charge in [-0.15, -0.1) is 0 Å². The van der Waals surface area contributed by atoms with Crippen LogP contribution in [0, 0.1) is 0 Å². The van der Waals surface area contributed by atoms with Gasteiger partial charge in [0.15, 0.2) is 0 Å². The zero-order valence-electron chi connectivity index (χ0n) is 7.53. The van der Waals surface area contributed by atoms with Gasteiger partial charge in [-0.2, -0.15) is 0 Å². The van der Waals surface area contributed by atoms with Gasteiger partial charge in [-0.3, -0.25) is 0 Å². The number of sulfonamides is 1. The Morgan fingerprint density at radius 1 is 1.50 bits per heavy atom. The Kier molecular flexibility index (Phi) is 3.52. The fourth-order valence-corrected chi connectivity index (χ4v) is 2.50. The Morgan fingerprint density at radius 3 is 2.64 bits per heavy atom. The van der Waals surface area contributed by atoms with Gasteiger partial charge in [0.1, 0.15) is 5.75 Å². The van der Waals surface area contributed by atoms with Crippen molar-refractivity contribution < 1.29 is 13.2 Å². The molecule has 0 saturated heterocycles. The lowest BCUT2D eigenvalue weighted by molar-refractivity contribution is 0.339. The first-order chi connectivity index (χ1) is 6.45. The Balaban J connectivity index is 3.22. The van der Waals surface area contributed by atoms with Crippen molar-refractivity contribution in [1.82, 2.24) is 0 Å². The smallest absolute Gasteiger partial charge is 0.239 e.